The first-order chi connectivity index (χ1) is 13.7. The van der Waals surface area contributed by atoms with Crippen molar-refractivity contribution in [2.75, 3.05) is 16.5 Å². The number of aromatic nitrogens is 3. The lowest BCUT2D eigenvalue weighted by Crippen LogP contribution is -2.14. The summed E-state index contributed by atoms with van der Waals surface area (Å²) in [6, 6.07) is 6.13. The van der Waals surface area contributed by atoms with E-state index < -0.39 is 0 Å². The van der Waals surface area contributed by atoms with Crippen LogP contribution in [0.1, 0.15) is 27.3 Å². The maximum atomic E-state index is 12.3. The summed E-state index contributed by atoms with van der Waals surface area (Å²) in [7, 11) is 0. The van der Waals surface area contributed by atoms with Gasteiger partial charge in [0.2, 0.25) is 17.0 Å². The summed E-state index contributed by atoms with van der Waals surface area (Å²) in [5, 5.41) is 26.2. The average molecular weight is 430 g/mol. The maximum absolute atomic E-state index is 12.3. The predicted octanol–water partition coefficient (Wildman–Crippen LogP) is 3.46. The number of thioether (sulfide) groups is 1. The molecule has 0 bridgehead atoms. The van der Waals surface area contributed by atoms with E-state index in [1.54, 1.807) is 17.6 Å². The summed E-state index contributed by atoms with van der Waals surface area (Å²) in [5.74, 6) is 0.372. The zero-order valence-electron chi connectivity index (χ0n) is 14.6. The molecule has 142 valence electrons. The number of fused-ring (bicyclic) bond motifs is 1. The normalized spacial score (nSPS) is 12.8. The topological polar surface area (TPSA) is 119 Å². The summed E-state index contributed by atoms with van der Waals surface area (Å²) in [6.45, 7) is 0. The van der Waals surface area contributed by atoms with Gasteiger partial charge in [-0.1, -0.05) is 17.8 Å². The molecule has 0 aliphatic heterocycles. The lowest BCUT2D eigenvalue weighted by atomic mass is 10.1. The summed E-state index contributed by atoms with van der Waals surface area (Å²) >= 11 is 4.30. The molecule has 3 N–H and O–H groups in total. The Hall–Kier alpha value is -2.68. The second kappa shape index (κ2) is 8.55. The molecule has 0 aromatic carbocycles. The minimum Gasteiger partial charge on any atom is -0.316 e. The highest BCUT2D eigenvalue weighted by Crippen LogP contribution is 2.38. The number of thiophene rings is 2. The molecule has 0 atom stereocenters. The smallest absolute Gasteiger partial charge is 0.240 e. The van der Waals surface area contributed by atoms with Gasteiger partial charge in [-0.2, -0.15) is 15.3 Å². The number of aryl methyl sites for hydroxylation is 1. The molecule has 0 saturated carbocycles. The number of anilines is 2. The number of carbonyl (C=O) groups excluding carboxylic acids is 1. The number of nitriles is 1. The molecule has 0 fully saturated rings. The monoisotopic (exact) mass is 429 g/mol. The van der Waals surface area contributed by atoms with Gasteiger partial charge in [-0.05, 0) is 36.3 Å². The van der Waals surface area contributed by atoms with Crippen LogP contribution in [0.4, 0.5) is 10.9 Å². The first-order valence-corrected chi connectivity index (χ1v) is 11.1. The highest BCUT2D eigenvalue weighted by molar-refractivity contribution is 7.99. The van der Waals surface area contributed by atoms with Gasteiger partial charge in [0.1, 0.15) is 11.1 Å². The van der Waals surface area contributed by atoms with E-state index in [0.29, 0.717) is 21.7 Å². The van der Waals surface area contributed by atoms with Gasteiger partial charge in [-0.25, -0.2) is 10.5 Å². The molecule has 0 unspecified atom stereocenters. The fourth-order valence-corrected chi connectivity index (χ4v) is 5.23. The zero-order valence-corrected chi connectivity index (χ0v) is 17.0. The molecule has 3 aromatic rings. The van der Waals surface area contributed by atoms with Crippen LogP contribution in [0, 0.1) is 11.3 Å². The number of hydrogen-bond acceptors (Lipinski definition) is 9. The molecule has 28 heavy (non-hydrogen) atoms. The Balaban J connectivity index is 1.29. The molecule has 1 aliphatic carbocycles. The average Bonchev–Trinajstić information content (AvgIpc) is 3.45. The summed E-state index contributed by atoms with van der Waals surface area (Å²) < 4.78 is 0. The van der Waals surface area contributed by atoms with Crippen LogP contribution in [-0.4, -0.2) is 33.1 Å². The van der Waals surface area contributed by atoms with Gasteiger partial charge in [-0.15, -0.1) is 27.8 Å². The number of rotatable bonds is 7. The lowest BCUT2D eigenvalue weighted by molar-refractivity contribution is -0.113. The second-order valence-electron chi connectivity index (χ2n) is 5.86. The lowest BCUT2D eigenvalue weighted by Gasteiger charge is -2.02. The van der Waals surface area contributed by atoms with Gasteiger partial charge < -0.3 is 5.32 Å². The van der Waals surface area contributed by atoms with E-state index in [1.165, 1.54) is 28.0 Å². The van der Waals surface area contributed by atoms with Crippen LogP contribution in [0.25, 0.3) is 0 Å². The van der Waals surface area contributed by atoms with E-state index in [0.717, 1.165) is 29.7 Å². The van der Waals surface area contributed by atoms with Crippen LogP contribution < -0.4 is 10.7 Å². The van der Waals surface area contributed by atoms with E-state index in [2.05, 4.69) is 37.1 Å². The van der Waals surface area contributed by atoms with Crippen molar-refractivity contribution < 1.29 is 4.79 Å². The van der Waals surface area contributed by atoms with Gasteiger partial charge in [0.15, 0.2) is 0 Å². The molecular formula is C17H15N7OS3. The minimum atomic E-state index is -0.184. The van der Waals surface area contributed by atoms with Crippen molar-refractivity contribution >= 4 is 57.5 Å². The highest BCUT2D eigenvalue weighted by Gasteiger charge is 2.23. The van der Waals surface area contributed by atoms with Crippen LogP contribution in [0.3, 0.4) is 0 Å². The summed E-state index contributed by atoms with van der Waals surface area (Å²) in [5.41, 5.74) is 4.48. The molecule has 3 aromatic heterocycles. The Bertz CT molecular complexity index is 1050. The van der Waals surface area contributed by atoms with E-state index in [1.807, 2.05) is 17.5 Å². The van der Waals surface area contributed by atoms with Crippen molar-refractivity contribution in [3.63, 3.8) is 0 Å². The number of hydrazone groups is 1. The quantitative estimate of drug-likeness (QED) is 0.301. The number of aromatic amines is 1. The van der Waals surface area contributed by atoms with Crippen LogP contribution in [0.5, 0.6) is 0 Å². The van der Waals surface area contributed by atoms with E-state index >= 15 is 0 Å². The molecule has 0 saturated heterocycles. The van der Waals surface area contributed by atoms with Crippen molar-refractivity contribution in [1.82, 2.24) is 15.2 Å². The van der Waals surface area contributed by atoms with Gasteiger partial charge in [0.05, 0.1) is 17.5 Å². The summed E-state index contributed by atoms with van der Waals surface area (Å²) in [6.07, 6.45) is 4.68. The molecular weight excluding hydrogens is 414 g/mol. The van der Waals surface area contributed by atoms with Gasteiger partial charge in [0.25, 0.3) is 0 Å². The first kappa shape index (κ1) is 18.7. The van der Waals surface area contributed by atoms with E-state index in [4.69, 9.17) is 0 Å². The SMILES string of the molecule is N#Cc1c(NC(=O)CSc2n[nH]c(N/N=C\c3cccs3)n2)sc2c1CCC2. The van der Waals surface area contributed by atoms with Crippen molar-refractivity contribution in [3.8, 4) is 6.07 Å². The van der Waals surface area contributed by atoms with Gasteiger partial charge in [-0.3, -0.25) is 4.79 Å². The first-order valence-electron chi connectivity index (χ1n) is 8.45. The molecule has 1 aliphatic rings. The number of nitrogens with zero attached hydrogens (tertiary/aromatic N) is 4. The fraction of sp³-hybridized carbons (Fsp3) is 0.235. The van der Waals surface area contributed by atoms with Gasteiger partial charge >= 0.3 is 0 Å². The fourth-order valence-electron chi connectivity index (χ4n) is 2.79. The van der Waals surface area contributed by atoms with Gasteiger partial charge in [0, 0.05) is 9.75 Å². The number of carbonyl (C=O) groups is 1. The summed E-state index contributed by atoms with van der Waals surface area (Å²) in [4.78, 5) is 18.7. The number of nitrogens with one attached hydrogen (secondary N) is 3. The predicted molar refractivity (Wildman–Crippen MR) is 112 cm³/mol. The Labute approximate surface area is 173 Å². The van der Waals surface area contributed by atoms with Crippen LogP contribution in [-0.2, 0) is 17.6 Å². The number of amides is 1. The molecule has 1 amide bonds. The van der Waals surface area contributed by atoms with Crippen LogP contribution in [0.2, 0.25) is 0 Å². The Morgan fingerprint density at radius 2 is 2.43 bits per heavy atom. The Morgan fingerprint density at radius 3 is 3.25 bits per heavy atom. The third-order valence-electron chi connectivity index (χ3n) is 3.99. The van der Waals surface area contributed by atoms with Crippen molar-refractivity contribution in [3.05, 3.63) is 38.4 Å². The third-order valence-corrected chi connectivity index (χ3v) is 6.85. The van der Waals surface area contributed by atoms with E-state index in [-0.39, 0.29) is 11.7 Å². The van der Waals surface area contributed by atoms with Crippen molar-refractivity contribution in [2.45, 2.75) is 24.4 Å². The second-order valence-corrected chi connectivity index (χ2v) is 8.89. The third kappa shape index (κ3) is 4.24. The standard InChI is InChI=1S/C17H15N7OS3/c18-7-12-11-4-1-5-13(11)28-15(12)20-14(25)9-27-17-21-16(23-24-17)22-19-8-10-3-2-6-26-10/h2-3,6,8H,1,4-5,9H2,(H,20,25)(H2,21,22,23,24)/b19-8-. The van der Waals surface area contributed by atoms with Crippen LogP contribution >= 0.6 is 34.4 Å². The molecule has 3 heterocycles. The molecule has 11 heteroatoms. The highest BCUT2D eigenvalue weighted by atomic mass is 32.2. The maximum Gasteiger partial charge on any atom is 0.240 e. The molecule has 4 rings (SSSR count). The molecule has 0 radical (unpaired) electrons. The number of hydrogen-bond donors (Lipinski definition) is 3. The number of H-pyrrole nitrogens is 1. The largest absolute Gasteiger partial charge is 0.316 e. The Morgan fingerprint density at radius 1 is 1.50 bits per heavy atom. The minimum absolute atomic E-state index is 0.156. The van der Waals surface area contributed by atoms with Crippen molar-refractivity contribution in [1.29, 1.82) is 5.26 Å². The molecule has 8 nitrogen and oxygen atoms in total. The van der Waals surface area contributed by atoms with Crippen molar-refractivity contribution in [2.24, 2.45) is 5.10 Å². The van der Waals surface area contributed by atoms with Crippen LogP contribution in [0.15, 0.2) is 27.8 Å². The zero-order chi connectivity index (χ0) is 19.3. The molecule has 0 spiro atoms. The Kier molecular flexibility index (Phi) is 5.70. The van der Waals surface area contributed by atoms with E-state index in [9.17, 15) is 10.1 Å².